The molecule has 1 aromatic carbocycles. The zero-order valence-corrected chi connectivity index (χ0v) is 15.4. The molecule has 144 valence electrons. The van der Waals surface area contributed by atoms with E-state index in [1.165, 1.54) is 28.7 Å². The van der Waals surface area contributed by atoms with Crippen LogP contribution in [0, 0.1) is 11.3 Å². The average molecular weight is 400 g/mol. The van der Waals surface area contributed by atoms with E-state index in [2.05, 4.69) is 9.97 Å². The molecule has 2 aromatic heterocycles. The number of carbonyl (C=O) groups is 1. The van der Waals surface area contributed by atoms with Gasteiger partial charge in [-0.1, -0.05) is 0 Å². The van der Waals surface area contributed by atoms with E-state index in [0.717, 1.165) is 12.8 Å². The Labute approximate surface area is 159 Å². The van der Waals surface area contributed by atoms with Gasteiger partial charge in [0.05, 0.1) is 16.5 Å². The Balaban J connectivity index is 1.94. The molecule has 0 spiro atoms. The van der Waals surface area contributed by atoms with Crippen LogP contribution in [0.15, 0.2) is 34.1 Å². The summed E-state index contributed by atoms with van der Waals surface area (Å²) in [6, 6.07) is 6.07. The van der Waals surface area contributed by atoms with Gasteiger partial charge in [0.15, 0.2) is 0 Å². The number of aromatic amines is 2. The normalized spacial score (nSPS) is 14.6. The molecule has 2 heterocycles. The molecule has 0 radical (unpaired) electrons. The fraction of sp³-hybridized carbons (Fsp3) is 0.278. The summed E-state index contributed by atoms with van der Waals surface area (Å²) in [5.74, 6) is -1.22. The van der Waals surface area contributed by atoms with E-state index < -0.39 is 21.6 Å². The van der Waals surface area contributed by atoms with Crippen molar-refractivity contribution in [1.82, 2.24) is 14.3 Å². The van der Waals surface area contributed by atoms with Gasteiger partial charge in [0.1, 0.15) is 5.52 Å². The standard InChI is InChI=1S/C18H16N4O5S/c19-6-1-7-22(10-2-3-10)28(26,27)11-4-5-14-12(8-11)15-13(18(24)25)9-20-16(15)17(23)21-14/h4-5,8-10,20H,1-3,7H2,(H,21,23)(H,24,25). The third kappa shape index (κ3) is 2.85. The Hall–Kier alpha value is -3.16. The first-order valence-electron chi connectivity index (χ1n) is 8.64. The average Bonchev–Trinajstić information content (AvgIpc) is 3.37. The van der Waals surface area contributed by atoms with E-state index >= 15 is 0 Å². The summed E-state index contributed by atoms with van der Waals surface area (Å²) in [4.78, 5) is 29.0. The number of nitrogens with zero attached hydrogens (tertiary/aromatic N) is 2. The van der Waals surface area contributed by atoms with Crippen molar-refractivity contribution in [3.63, 3.8) is 0 Å². The summed E-state index contributed by atoms with van der Waals surface area (Å²) in [5.41, 5.74) is -0.181. The zero-order valence-electron chi connectivity index (χ0n) is 14.6. The van der Waals surface area contributed by atoms with Crippen LogP contribution in [-0.2, 0) is 10.0 Å². The number of sulfonamides is 1. The summed E-state index contributed by atoms with van der Waals surface area (Å²) >= 11 is 0. The first kappa shape index (κ1) is 18.2. The summed E-state index contributed by atoms with van der Waals surface area (Å²) in [5, 5.41) is 18.8. The van der Waals surface area contributed by atoms with Gasteiger partial charge in [-0.25, -0.2) is 13.2 Å². The van der Waals surface area contributed by atoms with E-state index in [4.69, 9.17) is 5.26 Å². The number of carboxylic acids is 1. The van der Waals surface area contributed by atoms with Crippen LogP contribution in [0.4, 0.5) is 0 Å². The third-order valence-electron chi connectivity index (χ3n) is 4.85. The molecule has 0 aliphatic heterocycles. The van der Waals surface area contributed by atoms with Crippen LogP contribution >= 0.6 is 0 Å². The topological polar surface area (TPSA) is 147 Å². The number of rotatable bonds is 6. The lowest BCUT2D eigenvalue weighted by molar-refractivity contribution is 0.0699. The third-order valence-corrected chi connectivity index (χ3v) is 6.80. The maximum absolute atomic E-state index is 13.1. The molecule has 10 heteroatoms. The van der Waals surface area contributed by atoms with Crippen molar-refractivity contribution >= 4 is 37.8 Å². The number of nitriles is 1. The molecule has 3 N–H and O–H groups in total. The second kappa shape index (κ2) is 6.47. The quantitative estimate of drug-likeness (QED) is 0.574. The number of benzene rings is 1. The molecule has 0 unspecified atom stereocenters. The van der Waals surface area contributed by atoms with E-state index in [9.17, 15) is 23.1 Å². The van der Waals surface area contributed by atoms with Gasteiger partial charge in [-0.3, -0.25) is 4.79 Å². The second-order valence-corrected chi connectivity index (χ2v) is 8.56. The molecule has 9 nitrogen and oxygen atoms in total. The van der Waals surface area contributed by atoms with Crippen LogP contribution in [0.3, 0.4) is 0 Å². The summed E-state index contributed by atoms with van der Waals surface area (Å²) in [7, 11) is -3.86. The van der Waals surface area contributed by atoms with Gasteiger partial charge in [-0.2, -0.15) is 9.57 Å². The van der Waals surface area contributed by atoms with Crippen molar-refractivity contribution in [2.24, 2.45) is 0 Å². The molecule has 1 fully saturated rings. The largest absolute Gasteiger partial charge is 0.478 e. The van der Waals surface area contributed by atoms with Crippen molar-refractivity contribution in [1.29, 1.82) is 5.26 Å². The van der Waals surface area contributed by atoms with Gasteiger partial charge in [-0.05, 0) is 31.0 Å². The molecule has 1 saturated carbocycles. The minimum absolute atomic E-state index is 0.00396. The number of hydrogen-bond donors (Lipinski definition) is 3. The predicted octanol–water partition coefficient (Wildman–Crippen LogP) is 1.77. The van der Waals surface area contributed by atoms with Crippen LogP contribution in [0.25, 0.3) is 21.8 Å². The highest BCUT2D eigenvalue weighted by atomic mass is 32.2. The predicted molar refractivity (Wildman–Crippen MR) is 101 cm³/mol. The SMILES string of the molecule is N#CCCN(C1CC1)S(=O)(=O)c1ccc2[nH]c(=O)c3[nH]cc(C(=O)O)c3c2c1. The first-order chi connectivity index (χ1) is 13.3. The monoisotopic (exact) mass is 400 g/mol. The van der Waals surface area contributed by atoms with E-state index in [0.29, 0.717) is 10.9 Å². The number of aromatic carboxylic acids is 1. The number of nitrogens with one attached hydrogen (secondary N) is 2. The molecule has 1 aliphatic rings. The van der Waals surface area contributed by atoms with Crippen molar-refractivity contribution < 1.29 is 18.3 Å². The minimum Gasteiger partial charge on any atom is -0.478 e. The maximum atomic E-state index is 13.1. The van der Waals surface area contributed by atoms with Gasteiger partial charge >= 0.3 is 5.97 Å². The van der Waals surface area contributed by atoms with Gasteiger partial charge in [-0.15, -0.1) is 0 Å². The Morgan fingerprint density at radius 2 is 2.11 bits per heavy atom. The summed E-state index contributed by atoms with van der Waals surface area (Å²) in [6.45, 7) is 0.104. The molecule has 0 atom stereocenters. The smallest absolute Gasteiger partial charge is 0.337 e. The molecule has 0 amide bonds. The number of carboxylic acid groups (broad SMARTS) is 1. The van der Waals surface area contributed by atoms with E-state index in [-0.39, 0.29) is 40.4 Å². The molecule has 1 aliphatic carbocycles. The lowest BCUT2D eigenvalue weighted by Crippen LogP contribution is -2.34. The Morgan fingerprint density at radius 3 is 2.75 bits per heavy atom. The highest BCUT2D eigenvalue weighted by molar-refractivity contribution is 7.89. The number of aromatic nitrogens is 2. The van der Waals surface area contributed by atoms with Gasteiger partial charge in [0.25, 0.3) is 5.56 Å². The van der Waals surface area contributed by atoms with E-state index in [1.54, 1.807) is 0 Å². The molecule has 28 heavy (non-hydrogen) atoms. The molecule has 0 saturated heterocycles. The number of H-pyrrole nitrogens is 2. The fourth-order valence-electron chi connectivity index (χ4n) is 3.39. The zero-order chi connectivity index (χ0) is 20.1. The van der Waals surface area contributed by atoms with Gasteiger partial charge in [0, 0.05) is 41.5 Å². The fourth-order valence-corrected chi connectivity index (χ4v) is 5.10. The number of fused-ring (bicyclic) bond motifs is 3. The van der Waals surface area contributed by atoms with Crippen molar-refractivity contribution in [2.45, 2.75) is 30.2 Å². The minimum atomic E-state index is -3.86. The van der Waals surface area contributed by atoms with Crippen LogP contribution in [0.2, 0.25) is 0 Å². The van der Waals surface area contributed by atoms with Crippen LogP contribution in [0.5, 0.6) is 0 Å². The molecular formula is C18H16N4O5S. The number of hydrogen-bond acceptors (Lipinski definition) is 5. The molecule has 4 rings (SSSR count). The van der Waals surface area contributed by atoms with E-state index in [1.807, 2.05) is 6.07 Å². The van der Waals surface area contributed by atoms with Gasteiger partial charge < -0.3 is 15.1 Å². The second-order valence-electron chi connectivity index (χ2n) is 6.67. The lowest BCUT2D eigenvalue weighted by Gasteiger charge is -2.21. The van der Waals surface area contributed by atoms with Crippen molar-refractivity contribution in [2.75, 3.05) is 6.54 Å². The molecular weight excluding hydrogens is 384 g/mol. The maximum Gasteiger partial charge on any atom is 0.337 e. The number of pyridine rings is 1. The molecule has 3 aromatic rings. The van der Waals surface area contributed by atoms with Crippen LogP contribution in [0.1, 0.15) is 29.6 Å². The Kier molecular flexibility index (Phi) is 4.21. The lowest BCUT2D eigenvalue weighted by atomic mass is 10.1. The first-order valence-corrected chi connectivity index (χ1v) is 10.1. The van der Waals surface area contributed by atoms with Crippen molar-refractivity contribution in [3.05, 3.63) is 40.3 Å². The highest BCUT2D eigenvalue weighted by Gasteiger charge is 2.37. The van der Waals surface area contributed by atoms with Crippen molar-refractivity contribution in [3.8, 4) is 6.07 Å². The Morgan fingerprint density at radius 1 is 1.36 bits per heavy atom. The Bertz CT molecular complexity index is 1310. The summed E-state index contributed by atoms with van der Waals surface area (Å²) < 4.78 is 27.6. The summed E-state index contributed by atoms with van der Waals surface area (Å²) in [6.07, 6.45) is 2.79. The molecule has 0 bridgehead atoms. The van der Waals surface area contributed by atoms with Crippen LogP contribution < -0.4 is 5.56 Å². The highest BCUT2D eigenvalue weighted by Crippen LogP contribution is 2.34. The van der Waals surface area contributed by atoms with Gasteiger partial charge in [0.2, 0.25) is 10.0 Å². The van der Waals surface area contributed by atoms with Crippen LogP contribution in [-0.4, -0.2) is 46.4 Å².